The molecule has 0 atom stereocenters. The number of benzene rings is 2. The van der Waals surface area contributed by atoms with Crippen LogP contribution in [0.3, 0.4) is 0 Å². The minimum Gasteiger partial charge on any atom is -0.324 e. The van der Waals surface area contributed by atoms with Crippen molar-refractivity contribution in [2.45, 2.75) is 6.92 Å². The van der Waals surface area contributed by atoms with Crippen molar-refractivity contribution >= 4 is 48.9 Å². The van der Waals surface area contributed by atoms with Crippen LogP contribution in [0.4, 0.5) is 11.4 Å². The summed E-state index contributed by atoms with van der Waals surface area (Å²) in [5.41, 5.74) is 2.51. The van der Waals surface area contributed by atoms with E-state index >= 15 is 0 Å². The number of para-hydroxylation sites is 1. The lowest BCUT2D eigenvalue weighted by Gasteiger charge is -2.23. The fourth-order valence-corrected chi connectivity index (χ4v) is 4.60. The van der Waals surface area contributed by atoms with Crippen molar-refractivity contribution in [1.29, 1.82) is 0 Å². The molecule has 3 aromatic rings. The first-order chi connectivity index (χ1) is 12.7. The number of anilines is 2. The Bertz CT molecular complexity index is 1180. The molecule has 1 N–H and O–H groups in total. The third-order valence-electron chi connectivity index (χ3n) is 4.15. The van der Waals surface area contributed by atoms with Gasteiger partial charge in [-0.05, 0) is 36.8 Å². The summed E-state index contributed by atoms with van der Waals surface area (Å²) in [5, 5.41) is 2.70. The number of aryl methyl sites for hydroxylation is 2. The van der Waals surface area contributed by atoms with Crippen LogP contribution >= 0.6 is 11.3 Å². The fraction of sp³-hybridized carbons (Fsp3) is 0.222. The Morgan fingerprint density at radius 2 is 1.93 bits per heavy atom. The van der Waals surface area contributed by atoms with Gasteiger partial charge in [0.15, 0.2) is 0 Å². The van der Waals surface area contributed by atoms with Crippen LogP contribution in [-0.2, 0) is 21.9 Å². The van der Waals surface area contributed by atoms with Gasteiger partial charge in [0, 0.05) is 12.7 Å². The van der Waals surface area contributed by atoms with Gasteiger partial charge in [0.25, 0.3) is 0 Å². The lowest BCUT2D eigenvalue weighted by molar-refractivity contribution is -0.114. The van der Waals surface area contributed by atoms with E-state index in [4.69, 9.17) is 0 Å². The first-order valence-electron chi connectivity index (χ1n) is 8.09. The van der Waals surface area contributed by atoms with Crippen molar-refractivity contribution in [2.75, 3.05) is 22.4 Å². The predicted octanol–water partition coefficient (Wildman–Crippen LogP) is 2.31. The number of aromatic nitrogens is 1. The van der Waals surface area contributed by atoms with Gasteiger partial charge in [-0.15, -0.1) is 0 Å². The number of carbonyl (C=O) groups is 1. The van der Waals surface area contributed by atoms with Crippen molar-refractivity contribution < 1.29 is 13.2 Å². The van der Waals surface area contributed by atoms with Crippen LogP contribution in [0.2, 0.25) is 0 Å². The van der Waals surface area contributed by atoms with Crippen LogP contribution in [-0.4, -0.2) is 31.7 Å². The van der Waals surface area contributed by atoms with E-state index in [0.717, 1.165) is 37.7 Å². The van der Waals surface area contributed by atoms with Gasteiger partial charge in [-0.1, -0.05) is 29.5 Å². The molecule has 0 aliphatic heterocycles. The highest BCUT2D eigenvalue weighted by atomic mass is 32.2. The van der Waals surface area contributed by atoms with Crippen molar-refractivity contribution in [3.63, 3.8) is 0 Å². The summed E-state index contributed by atoms with van der Waals surface area (Å²) in [4.78, 5) is 24.1. The normalized spacial score (nSPS) is 11.5. The molecule has 0 spiro atoms. The molecule has 0 aliphatic carbocycles. The standard InChI is InChI=1S/C18H19N3O4S2/c1-12-6-4-5-7-14(12)21(27(3,24)25)11-17(22)19-13-8-9-15-16(10-13)26-18(23)20(15)2/h4-10H,11H2,1-3H3,(H,19,22). The molecule has 0 saturated carbocycles. The van der Waals surface area contributed by atoms with Gasteiger partial charge in [-0.25, -0.2) is 8.42 Å². The molecule has 0 radical (unpaired) electrons. The lowest BCUT2D eigenvalue weighted by atomic mass is 10.2. The Labute approximate surface area is 160 Å². The second kappa shape index (κ2) is 7.16. The maximum absolute atomic E-state index is 12.5. The average Bonchev–Trinajstić information content (AvgIpc) is 2.86. The molecule has 7 nitrogen and oxygen atoms in total. The molecule has 9 heteroatoms. The van der Waals surface area contributed by atoms with Crippen molar-refractivity contribution in [2.24, 2.45) is 7.05 Å². The molecule has 27 heavy (non-hydrogen) atoms. The number of amides is 1. The molecule has 2 aromatic carbocycles. The molecular formula is C18H19N3O4S2. The Morgan fingerprint density at radius 1 is 1.22 bits per heavy atom. The van der Waals surface area contributed by atoms with Crippen molar-refractivity contribution in [1.82, 2.24) is 4.57 Å². The Morgan fingerprint density at radius 3 is 2.59 bits per heavy atom. The fourth-order valence-electron chi connectivity index (χ4n) is 2.77. The SMILES string of the molecule is Cc1ccccc1N(CC(=O)Nc1ccc2c(c1)sc(=O)n2C)S(C)(=O)=O. The number of carbonyl (C=O) groups excluding carboxylic acids is 1. The number of fused-ring (bicyclic) bond motifs is 1. The van der Waals surface area contributed by atoms with Gasteiger partial charge < -0.3 is 9.88 Å². The van der Waals surface area contributed by atoms with Crippen LogP contribution < -0.4 is 14.5 Å². The minimum absolute atomic E-state index is 0.0868. The molecule has 0 fully saturated rings. The summed E-state index contributed by atoms with van der Waals surface area (Å²) < 4.78 is 27.8. The summed E-state index contributed by atoms with van der Waals surface area (Å²) in [6.07, 6.45) is 1.07. The Hall–Kier alpha value is -2.65. The quantitative estimate of drug-likeness (QED) is 0.706. The number of hydrogen-bond donors (Lipinski definition) is 1. The van der Waals surface area contributed by atoms with Crippen LogP contribution in [0.15, 0.2) is 47.3 Å². The first kappa shape index (κ1) is 19.1. The van der Waals surface area contributed by atoms with Gasteiger partial charge in [-0.2, -0.15) is 0 Å². The lowest BCUT2D eigenvalue weighted by Crippen LogP contribution is -2.37. The predicted molar refractivity (Wildman–Crippen MR) is 109 cm³/mol. The summed E-state index contributed by atoms with van der Waals surface area (Å²) in [7, 11) is -1.95. The molecule has 0 bridgehead atoms. The Kier molecular flexibility index (Phi) is 5.07. The van der Waals surface area contributed by atoms with Gasteiger partial charge >= 0.3 is 4.87 Å². The second-order valence-electron chi connectivity index (χ2n) is 6.21. The van der Waals surface area contributed by atoms with Gasteiger partial charge in [-0.3, -0.25) is 13.9 Å². The third kappa shape index (κ3) is 4.04. The molecule has 1 heterocycles. The Balaban J connectivity index is 1.85. The van der Waals surface area contributed by atoms with E-state index in [1.807, 2.05) is 0 Å². The number of thiazole rings is 1. The van der Waals surface area contributed by atoms with E-state index in [1.54, 1.807) is 56.4 Å². The van der Waals surface area contributed by atoms with Crippen molar-refractivity contribution in [3.8, 4) is 0 Å². The zero-order chi connectivity index (χ0) is 19.8. The van der Waals surface area contributed by atoms with E-state index in [-0.39, 0.29) is 11.4 Å². The number of rotatable bonds is 5. The maximum Gasteiger partial charge on any atom is 0.307 e. The molecule has 142 valence electrons. The summed E-state index contributed by atoms with van der Waals surface area (Å²) in [6.45, 7) is 1.45. The number of sulfonamides is 1. The van der Waals surface area contributed by atoms with Crippen LogP contribution in [0, 0.1) is 6.92 Å². The molecule has 0 aliphatic rings. The zero-order valence-electron chi connectivity index (χ0n) is 15.1. The molecule has 0 saturated heterocycles. The third-order valence-corrected chi connectivity index (χ3v) is 6.27. The minimum atomic E-state index is -3.63. The molecule has 0 unspecified atom stereocenters. The molecule has 3 rings (SSSR count). The number of nitrogens with one attached hydrogen (secondary N) is 1. The highest BCUT2D eigenvalue weighted by Crippen LogP contribution is 2.23. The van der Waals surface area contributed by atoms with Crippen LogP contribution in [0.1, 0.15) is 5.56 Å². The van der Waals surface area contributed by atoms with Crippen molar-refractivity contribution in [3.05, 3.63) is 57.7 Å². The number of hydrogen-bond acceptors (Lipinski definition) is 5. The zero-order valence-corrected chi connectivity index (χ0v) is 16.7. The molecule has 1 aromatic heterocycles. The van der Waals surface area contributed by atoms with E-state index < -0.39 is 15.9 Å². The van der Waals surface area contributed by atoms with E-state index in [0.29, 0.717) is 11.4 Å². The van der Waals surface area contributed by atoms with Crippen LogP contribution in [0.25, 0.3) is 10.2 Å². The number of nitrogens with zero attached hydrogens (tertiary/aromatic N) is 2. The summed E-state index contributed by atoms with van der Waals surface area (Å²) in [6, 6.07) is 12.1. The topological polar surface area (TPSA) is 88.5 Å². The smallest absolute Gasteiger partial charge is 0.307 e. The summed E-state index contributed by atoms with van der Waals surface area (Å²) >= 11 is 1.09. The van der Waals surface area contributed by atoms with E-state index in [2.05, 4.69) is 5.32 Å². The molecule has 1 amide bonds. The second-order valence-corrected chi connectivity index (χ2v) is 9.11. The van der Waals surface area contributed by atoms with Crippen LogP contribution in [0.5, 0.6) is 0 Å². The van der Waals surface area contributed by atoms with Gasteiger partial charge in [0.1, 0.15) is 6.54 Å². The summed E-state index contributed by atoms with van der Waals surface area (Å²) in [5.74, 6) is -0.466. The largest absolute Gasteiger partial charge is 0.324 e. The van der Waals surface area contributed by atoms with E-state index in [9.17, 15) is 18.0 Å². The highest BCUT2D eigenvalue weighted by Gasteiger charge is 2.22. The monoisotopic (exact) mass is 405 g/mol. The van der Waals surface area contributed by atoms with Gasteiger partial charge in [0.05, 0.1) is 22.2 Å². The first-order valence-corrected chi connectivity index (χ1v) is 10.8. The maximum atomic E-state index is 12.5. The van der Waals surface area contributed by atoms with Gasteiger partial charge in [0.2, 0.25) is 15.9 Å². The molecular weight excluding hydrogens is 386 g/mol. The van der Waals surface area contributed by atoms with E-state index in [1.165, 1.54) is 4.57 Å². The highest BCUT2D eigenvalue weighted by molar-refractivity contribution is 7.92. The average molecular weight is 406 g/mol.